The van der Waals surface area contributed by atoms with Crippen molar-refractivity contribution in [2.75, 3.05) is 39.2 Å². The van der Waals surface area contributed by atoms with Crippen molar-refractivity contribution in [1.29, 1.82) is 0 Å². The van der Waals surface area contributed by atoms with Crippen molar-refractivity contribution in [1.82, 2.24) is 9.88 Å². The molecular formula is C13H17F4N3O. The summed E-state index contributed by atoms with van der Waals surface area (Å²) >= 11 is 0. The summed E-state index contributed by atoms with van der Waals surface area (Å²) in [4.78, 5) is 4.45. The summed E-state index contributed by atoms with van der Waals surface area (Å²) in [6.07, 6.45) is 1.29. The van der Waals surface area contributed by atoms with E-state index in [-0.39, 0.29) is 6.54 Å². The molecule has 0 amide bonds. The van der Waals surface area contributed by atoms with Crippen molar-refractivity contribution < 1.29 is 22.3 Å². The zero-order valence-corrected chi connectivity index (χ0v) is 11.9. The van der Waals surface area contributed by atoms with Crippen LogP contribution in [0.1, 0.15) is 12.8 Å². The molecule has 0 atom stereocenters. The molecule has 0 aromatic carbocycles. The van der Waals surface area contributed by atoms with Gasteiger partial charge in [0.2, 0.25) is 11.6 Å². The van der Waals surface area contributed by atoms with Gasteiger partial charge >= 0.3 is 0 Å². The second-order valence-corrected chi connectivity index (χ2v) is 5.28. The van der Waals surface area contributed by atoms with Gasteiger partial charge < -0.3 is 15.0 Å². The third-order valence-electron chi connectivity index (χ3n) is 3.96. The van der Waals surface area contributed by atoms with E-state index in [4.69, 9.17) is 4.74 Å². The Labute approximate surface area is 120 Å². The lowest BCUT2D eigenvalue weighted by atomic mass is 9.88. The molecule has 1 N–H and O–H groups in total. The Balaban J connectivity index is 2.22. The van der Waals surface area contributed by atoms with Gasteiger partial charge in [-0.3, -0.25) is 0 Å². The number of anilines is 1. The first-order valence-electron chi connectivity index (χ1n) is 6.56. The Bertz CT molecular complexity index is 492. The van der Waals surface area contributed by atoms with Gasteiger partial charge in [0.25, 0.3) is 11.9 Å². The van der Waals surface area contributed by atoms with E-state index in [1.807, 2.05) is 19.0 Å². The fourth-order valence-corrected chi connectivity index (χ4v) is 2.43. The maximum absolute atomic E-state index is 13.6. The quantitative estimate of drug-likeness (QED) is 0.683. The molecule has 0 saturated carbocycles. The van der Waals surface area contributed by atoms with Crippen molar-refractivity contribution in [2.45, 2.75) is 18.4 Å². The van der Waals surface area contributed by atoms with Crippen LogP contribution >= 0.6 is 0 Å². The number of likely N-dealkylation sites (N-methyl/N-ethyl adjacent to an activating group) is 1. The fraction of sp³-hybridized carbons (Fsp3) is 0.615. The standard InChI is InChI=1S/C13H17F4N3O/c1-20(2)13(3-5-21-6-4-13)7-18-10-8(14)11(16)19-12(17)9(10)15/h3-7H2,1-2H3,(H,18,19). The molecule has 118 valence electrons. The van der Waals surface area contributed by atoms with E-state index in [1.165, 1.54) is 0 Å². The van der Waals surface area contributed by atoms with Gasteiger partial charge in [-0.2, -0.15) is 22.5 Å². The normalized spacial score (nSPS) is 18.0. The van der Waals surface area contributed by atoms with Crippen LogP contribution in [0.2, 0.25) is 0 Å². The van der Waals surface area contributed by atoms with Crippen molar-refractivity contribution >= 4 is 5.69 Å². The van der Waals surface area contributed by atoms with E-state index in [2.05, 4.69) is 10.3 Å². The van der Waals surface area contributed by atoms with Crippen molar-refractivity contribution in [3.05, 3.63) is 23.5 Å². The number of hydrogen-bond donors (Lipinski definition) is 1. The van der Waals surface area contributed by atoms with E-state index in [9.17, 15) is 17.6 Å². The summed E-state index contributed by atoms with van der Waals surface area (Å²) in [6.45, 7) is 1.17. The zero-order chi connectivity index (χ0) is 15.6. The molecule has 1 saturated heterocycles. The van der Waals surface area contributed by atoms with Crippen LogP contribution in [0, 0.1) is 23.5 Å². The number of nitrogens with one attached hydrogen (secondary N) is 1. The number of aromatic nitrogens is 1. The molecule has 0 bridgehead atoms. The third-order valence-corrected chi connectivity index (χ3v) is 3.96. The van der Waals surface area contributed by atoms with Crippen LogP contribution in [0.25, 0.3) is 0 Å². The fourth-order valence-electron chi connectivity index (χ4n) is 2.43. The molecule has 8 heteroatoms. The van der Waals surface area contributed by atoms with Gasteiger partial charge in [0.05, 0.1) is 0 Å². The summed E-state index contributed by atoms with van der Waals surface area (Å²) in [5.41, 5.74) is -1.22. The molecule has 1 aliphatic rings. The minimum atomic E-state index is -1.66. The summed E-state index contributed by atoms with van der Waals surface area (Å²) < 4.78 is 58.6. The maximum Gasteiger partial charge on any atom is 0.253 e. The minimum Gasteiger partial charge on any atom is -0.381 e. The van der Waals surface area contributed by atoms with Crippen LogP contribution < -0.4 is 5.32 Å². The molecule has 1 aliphatic heterocycles. The van der Waals surface area contributed by atoms with E-state index < -0.39 is 34.8 Å². The number of nitrogens with zero attached hydrogens (tertiary/aromatic N) is 2. The predicted octanol–water partition coefficient (Wildman–Crippen LogP) is 2.16. The monoisotopic (exact) mass is 307 g/mol. The summed E-state index contributed by atoms with van der Waals surface area (Å²) in [5, 5.41) is 2.49. The topological polar surface area (TPSA) is 37.4 Å². The SMILES string of the molecule is CN(C)C1(CNc2c(F)c(F)nc(F)c2F)CCOCC1. The highest BCUT2D eigenvalue weighted by atomic mass is 19.2. The number of hydrogen-bond acceptors (Lipinski definition) is 4. The van der Waals surface area contributed by atoms with Crippen LogP contribution in [0.3, 0.4) is 0 Å². The number of ether oxygens (including phenoxy) is 1. The summed E-state index contributed by atoms with van der Waals surface area (Å²) in [7, 11) is 3.68. The molecule has 0 radical (unpaired) electrons. The first-order valence-corrected chi connectivity index (χ1v) is 6.56. The first kappa shape index (κ1) is 16.0. The summed E-state index contributed by atoms with van der Waals surface area (Å²) in [6, 6.07) is 0. The van der Waals surface area contributed by atoms with E-state index in [1.54, 1.807) is 0 Å². The van der Waals surface area contributed by atoms with Crippen LogP contribution in [-0.2, 0) is 4.74 Å². The van der Waals surface area contributed by atoms with E-state index >= 15 is 0 Å². The second-order valence-electron chi connectivity index (χ2n) is 5.28. The van der Waals surface area contributed by atoms with Gasteiger partial charge in [-0.1, -0.05) is 0 Å². The largest absolute Gasteiger partial charge is 0.381 e. The molecule has 1 fully saturated rings. The number of halogens is 4. The van der Waals surface area contributed by atoms with E-state index in [0.29, 0.717) is 26.1 Å². The number of rotatable bonds is 4. The maximum atomic E-state index is 13.6. The lowest BCUT2D eigenvalue weighted by Crippen LogP contribution is -2.53. The molecule has 1 aromatic heterocycles. The van der Waals surface area contributed by atoms with Crippen LogP contribution in [0.15, 0.2) is 0 Å². The second kappa shape index (κ2) is 6.15. The highest BCUT2D eigenvalue weighted by Gasteiger charge is 2.35. The number of pyridine rings is 1. The van der Waals surface area contributed by atoms with Gasteiger partial charge in [0.15, 0.2) is 0 Å². The van der Waals surface area contributed by atoms with Gasteiger partial charge in [-0.25, -0.2) is 0 Å². The van der Waals surface area contributed by atoms with Crippen molar-refractivity contribution in [2.24, 2.45) is 0 Å². The van der Waals surface area contributed by atoms with Crippen LogP contribution in [-0.4, -0.2) is 49.3 Å². The molecule has 0 spiro atoms. The molecular weight excluding hydrogens is 290 g/mol. The van der Waals surface area contributed by atoms with Gasteiger partial charge in [-0.05, 0) is 26.9 Å². The first-order chi connectivity index (χ1) is 9.87. The van der Waals surface area contributed by atoms with Crippen molar-refractivity contribution in [3.8, 4) is 0 Å². The molecule has 4 nitrogen and oxygen atoms in total. The average molecular weight is 307 g/mol. The lowest BCUT2D eigenvalue weighted by molar-refractivity contribution is -0.000698. The van der Waals surface area contributed by atoms with Crippen molar-refractivity contribution in [3.63, 3.8) is 0 Å². The van der Waals surface area contributed by atoms with Gasteiger partial charge in [0.1, 0.15) is 5.69 Å². The lowest BCUT2D eigenvalue weighted by Gasteiger charge is -2.43. The Morgan fingerprint density at radius 3 is 2.10 bits per heavy atom. The third kappa shape index (κ3) is 3.11. The molecule has 2 rings (SSSR count). The highest BCUT2D eigenvalue weighted by molar-refractivity contribution is 5.45. The van der Waals surface area contributed by atoms with Crippen LogP contribution in [0.5, 0.6) is 0 Å². The molecule has 1 aromatic rings. The molecule has 21 heavy (non-hydrogen) atoms. The smallest absolute Gasteiger partial charge is 0.253 e. The average Bonchev–Trinajstić information content (AvgIpc) is 2.46. The Morgan fingerprint density at radius 2 is 1.62 bits per heavy atom. The van der Waals surface area contributed by atoms with E-state index in [0.717, 1.165) is 0 Å². The zero-order valence-electron chi connectivity index (χ0n) is 11.9. The Kier molecular flexibility index (Phi) is 4.67. The van der Waals surface area contributed by atoms with Gasteiger partial charge in [-0.15, -0.1) is 0 Å². The Morgan fingerprint density at radius 1 is 1.10 bits per heavy atom. The summed E-state index contributed by atoms with van der Waals surface area (Å²) in [5.74, 6) is -6.37. The minimum absolute atomic E-state index is 0.139. The Hall–Kier alpha value is -1.41. The molecule has 0 unspecified atom stereocenters. The molecule has 2 heterocycles. The highest BCUT2D eigenvalue weighted by Crippen LogP contribution is 2.28. The predicted molar refractivity (Wildman–Crippen MR) is 69.0 cm³/mol. The molecule has 0 aliphatic carbocycles. The van der Waals surface area contributed by atoms with Gasteiger partial charge in [0, 0.05) is 25.3 Å². The van der Waals surface area contributed by atoms with Crippen LogP contribution in [0.4, 0.5) is 23.2 Å².